The van der Waals surface area contributed by atoms with Crippen molar-refractivity contribution in [3.05, 3.63) is 40.4 Å². The molecular formula is C16H17Cl2NO2S. The van der Waals surface area contributed by atoms with Crippen LogP contribution in [-0.4, -0.2) is 14.5 Å². The fraction of sp³-hybridized carbons (Fsp3) is 0.375. The molecule has 1 fully saturated rings. The fourth-order valence-electron chi connectivity index (χ4n) is 2.97. The van der Waals surface area contributed by atoms with Crippen molar-refractivity contribution in [2.45, 2.75) is 43.0 Å². The largest absolute Gasteiger partial charge is 0.242 e. The van der Waals surface area contributed by atoms with Crippen molar-refractivity contribution in [1.29, 1.82) is 0 Å². The number of benzene rings is 2. The van der Waals surface area contributed by atoms with Crippen LogP contribution in [0.2, 0.25) is 10.0 Å². The Bertz CT molecular complexity index is 799. The minimum atomic E-state index is -3.67. The number of rotatable bonds is 3. The Kier molecular flexibility index (Phi) is 4.64. The van der Waals surface area contributed by atoms with Crippen LogP contribution in [0.4, 0.5) is 0 Å². The van der Waals surface area contributed by atoms with E-state index in [1.165, 1.54) is 12.5 Å². The van der Waals surface area contributed by atoms with Crippen LogP contribution >= 0.6 is 23.2 Å². The molecule has 1 aliphatic rings. The first-order valence-corrected chi connectivity index (χ1v) is 9.62. The van der Waals surface area contributed by atoms with Gasteiger partial charge in [-0.05, 0) is 18.9 Å². The van der Waals surface area contributed by atoms with Crippen molar-refractivity contribution in [3.8, 4) is 0 Å². The molecule has 0 aromatic heterocycles. The fourth-order valence-corrected chi connectivity index (χ4v) is 5.25. The smallest absolute Gasteiger partial charge is 0.208 e. The van der Waals surface area contributed by atoms with E-state index in [0.717, 1.165) is 31.1 Å². The Morgan fingerprint density at radius 2 is 1.64 bits per heavy atom. The molecule has 0 bridgehead atoms. The van der Waals surface area contributed by atoms with Gasteiger partial charge in [-0.15, -0.1) is 0 Å². The zero-order chi connectivity index (χ0) is 15.7. The Morgan fingerprint density at radius 3 is 2.32 bits per heavy atom. The average Bonchev–Trinajstić information content (AvgIpc) is 2.51. The minimum Gasteiger partial charge on any atom is -0.208 e. The third-order valence-corrected chi connectivity index (χ3v) is 6.49. The van der Waals surface area contributed by atoms with E-state index < -0.39 is 10.0 Å². The lowest BCUT2D eigenvalue weighted by Crippen LogP contribution is -2.36. The van der Waals surface area contributed by atoms with Crippen LogP contribution in [0.3, 0.4) is 0 Å². The van der Waals surface area contributed by atoms with Gasteiger partial charge in [0.05, 0.1) is 5.02 Å². The number of sulfonamides is 1. The highest BCUT2D eigenvalue weighted by atomic mass is 35.5. The number of hydrogen-bond donors (Lipinski definition) is 1. The van der Waals surface area contributed by atoms with Crippen LogP contribution in [0, 0.1) is 0 Å². The van der Waals surface area contributed by atoms with Gasteiger partial charge in [0.1, 0.15) is 4.90 Å². The molecule has 6 heteroatoms. The van der Waals surface area contributed by atoms with Crippen molar-refractivity contribution in [2.24, 2.45) is 0 Å². The normalized spacial score (nSPS) is 17.0. The Hall–Kier alpha value is -0.810. The van der Waals surface area contributed by atoms with Crippen LogP contribution in [0.5, 0.6) is 0 Å². The van der Waals surface area contributed by atoms with Crippen molar-refractivity contribution in [1.82, 2.24) is 4.72 Å². The van der Waals surface area contributed by atoms with Crippen molar-refractivity contribution in [3.63, 3.8) is 0 Å². The first-order valence-electron chi connectivity index (χ1n) is 7.38. The summed E-state index contributed by atoms with van der Waals surface area (Å²) in [5.41, 5.74) is 0. The number of halogens is 2. The standard InChI is InChI=1S/C16H17Cl2NO2S/c17-14-10-15(16(18)13-9-5-4-8-12(13)14)22(20,21)19-11-6-2-1-3-7-11/h4-5,8-11,19H,1-3,6-7H2. The molecule has 2 aromatic carbocycles. The van der Waals surface area contributed by atoms with Gasteiger partial charge in [-0.25, -0.2) is 13.1 Å². The highest BCUT2D eigenvalue weighted by molar-refractivity contribution is 7.89. The molecule has 2 aromatic rings. The molecule has 0 atom stereocenters. The van der Waals surface area contributed by atoms with Gasteiger partial charge in [-0.3, -0.25) is 0 Å². The first-order chi connectivity index (χ1) is 10.5. The summed E-state index contributed by atoms with van der Waals surface area (Å²) in [7, 11) is -3.67. The van der Waals surface area contributed by atoms with Gasteiger partial charge in [0.2, 0.25) is 10.0 Å². The Balaban J connectivity index is 2.03. The molecule has 3 nitrogen and oxygen atoms in total. The van der Waals surface area contributed by atoms with Crippen molar-refractivity contribution in [2.75, 3.05) is 0 Å². The molecule has 1 aliphatic carbocycles. The van der Waals surface area contributed by atoms with E-state index in [-0.39, 0.29) is 16.0 Å². The average molecular weight is 358 g/mol. The SMILES string of the molecule is O=S(=O)(NC1CCCCC1)c1cc(Cl)c2ccccc2c1Cl. The first kappa shape index (κ1) is 16.1. The van der Waals surface area contributed by atoms with Crippen molar-refractivity contribution >= 4 is 44.0 Å². The van der Waals surface area contributed by atoms with Gasteiger partial charge < -0.3 is 0 Å². The lowest BCUT2D eigenvalue weighted by atomic mass is 9.96. The summed E-state index contributed by atoms with van der Waals surface area (Å²) in [4.78, 5) is 0.0587. The third-order valence-electron chi connectivity index (χ3n) is 4.11. The summed E-state index contributed by atoms with van der Waals surface area (Å²) in [6.07, 6.45) is 5.02. The van der Waals surface area contributed by atoms with E-state index in [4.69, 9.17) is 23.2 Å². The second-order valence-electron chi connectivity index (χ2n) is 5.67. The van der Waals surface area contributed by atoms with Crippen LogP contribution in [-0.2, 0) is 10.0 Å². The zero-order valence-electron chi connectivity index (χ0n) is 12.0. The van der Waals surface area contributed by atoms with E-state index in [9.17, 15) is 8.42 Å². The number of fused-ring (bicyclic) bond motifs is 1. The Labute approximate surface area is 140 Å². The lowest BCUT2D eigenvalue weighted by Gasteiger charge is -2.23. The second kappa shape index (κ2) is 6.36. The monoisotopic (exact) mass is 357 g/mol. The molecule has 0 unspecified atom stereocenters. The summed E-state index contributed by atoms with van der Waals surface area (Å²) in [5.74, 6) is 0. The molecule has 0 heterocycles. The molecule has 0 spiro atoms. The molecule has 0 amide bonds. The van der Waals surface area contributed by atoms with E-state index >= 15 is 0 Å². The van der Waals surface area contributed by atoms with Crippen LogP contribution in [0.15, 0.2) is 35.2 Å². The van der Waals surface area contributed by atoms with Gasteiger partial charge in [-0.2, -0.15) is 0 Å². The maximum atomic E-state index is 12.7. The highest BCUT2D eigenvalue weighted by Crippen LogP contribution is 2.35. The summed E-state index contributed by atoms with van der Waals surface area (Å²) in [5, 5.41) is 2.03. The zero-order valence-corrected chi connectivity index (χ0v) is 14.3. The van der Waals surface area contributed by atoms with Gasteiger partial charge in [0.25, 0.3) is 0 Å². The van der Waals surface area contributed by atoms with E-state index in [1.54, 1.807) is 6.07 Å². The maximum absolute atomic E-state index is 12.7. The van der Waals surface area contributed by atoms with Gasteiger partial charge >= 0.3 is 0 Å². The number of nitrogens with one attached hydrogen (secondary N) is 1. The van der Waals surface area contributed by atoms with Gasteiger partial charge in [-0.1, -0.05) is 66.7 Å². The highest BCUT2D eigenvalue weighted by Gasteiger charge is 2.25. The van der Waals surface area contributed by atoms with E-state index in [0.29, 0.717) is 10.4 Å². The molecule has 0 saturated heterocycles. The summed E-state index contributed by atoms with van der Waals surface area (Å²) >= 11 is 12.6. The molecule has 0 aliphatic heterocycles. The molecule has 0 radical (unpaired) electrons. The lowest BCUT2D eigenvalue weighted by molar-refractivity contribution is 0.412. The summed E-state index contributed by atoms with van der Waals surface area (Å²) < 4.78 is 28.1. The van der Waals surface area contributed by atoms with E-state index in [2.05, 4.69) is 4.72 Å². The van der Waals surface area contributed by atoms with Gasteiger partial charge in [0, 0.05) is 21.8 Å². The van der Waals surface area contributed by atoms with Crippen LogP contribution in [0.25, 0.3) is 10.8 Å². The third kappa shape index (κ3) is 3.11. The topological polar surface area (TPSA) is 46.2 Å². The second-order valence-corrected chi connectivity index (χ2v) is 8.14. The molecule has 3 rings (SSSR count). The quantitative estimate of drug-likeness (QED) is 0.860. The molecule has 22 heavy (non-hydrogen) atoms. The van der Waals surface area contributed by atoms with E-state index in [1.807, 2.05) is 18.2 Å². The van der Waals surface area contributed by atoms with Crippen molar-refractivity contribution < 1.29 is 8.42 Å². The summed E-state index contributed by atoms with van der Waals surface area (Å²) in [6.45, 7) is 0. The predicted molar refractivity (Wildman–Crippen MR) is 91.2 cm³/mol. The van der Waals surface area contributed by atoms with Crippen LogP contribution < -0.4 is 4.72 Å². The Morgan fingerprint density at radius 1 is 1.00 bits per heavy atom. The molecule has 118 valence electrons. The molecule has 1 saturated carbocycles. The predicted octanol–water partition coefficient (Wildman–Crippen LogP) is 4.76. The number of hydrogen-bond acceptors (Lipinski definition) is 2. The molecular weight excluding hydrogens is 341 g/mol. The molecule has 1 N–H and O–H groups in total. The van der Waals surface area contributed by atoms with Gasteiger partial charge in [0.15, 0.2) is 0 Å². The minimum absolute atomic E-state index is 0.0138. The van der Waals surface area contributed by atoms with Crippen LogP contribution in [0.1, 0.15) is 32.1 Å². The summed E-state index contributed by atoms with van der Waals surface area (Å²) in [6, 6.07) is 8.70. The maximum Gasteiger partial charge on any atom is 0.242 e.